The molecular weight excluding hydrogens is 292 g/mol. The van der Waals surface area contributed by atoms with E-state index in [9.17, 15) is 9.59 Å². The van der Waals surface area contributed by atoms with Gasteiger partial charge in [0.1, 0.15) is 5.58 Å². The van der Waals surface area contributed by atoms with Crippen LogP contribution in [-0.4, -0.2) is 10.9 Å². The van der Waals surface area contributed by atoms with Crippen LogP contribution in [0.4, 0.5) is 5.69 Å². The molecule has 0 aliphatic carbocycles. The van der Waals surface area contributed by atoms with Crippen molar-refractivity contribution in [1.82, 2.24) is 4.98 Å². The maximum absolute atomic E-state index is 12.4. The molecule has 0 saturated heterocycles. The van der Waals surface area contributed by atoms with Gasteiger partial charge >= 0.3 is 5.63 Å². The fourth-order valence-electron chi connectivity index (χ4n) is 2.49. The summed E-state index contributed by atoms with van der Waals surface area (Å²) in [5.41, 5.74) is 3.84. The Morgan fingerprint density at radius 2 is 1.87 bits per heavy atom. The molecule has 0 radical (unpaired) electrons. The average Bonchev–Trinajstić information content (AvgIpc) is 2.49. The highest BCUT2D eigenvalue weighted by molar-refractivity contribution is 6.06. The van der Waals surface area contributed by atoms with Crippen molar-refractivity contribution in [2.45, 2.75) is 20.8 Å². The number of aromatic nitrogens is 1. The Labute approximate surface area is 133 Å². The van der Waals surface area contributed by atoms with E-state index in [1.54, 1.807) is 24.5 Å². The van der Waals surface area contributed by atoms with E-state index in [1.165, 1.54) is 6.07 Å². The summed E-state index contributed by atoms with van der Waals surface area (Å²) in [7, 11) is 0. The zero-order valence-corrected chi connectivity index (χ0v) is 13.1. The van der Waals surface area contributed by atoms with Crippen molar-refractivity contribution in [1.29, 1.82) is 0 Å². The van der Waals surface area contributed by atoms with E-state index in [2.05, 4.69) is 10.3 Å². The Morgan fingerprint density at radius 1 is 1.09 bits per heavy atom. The molecule has 0 atom stereocenters. The van der Waals surface area contributed by atoms with E-state index in [0.29, 0.717) is 16.8 Å². The summed E-state index contributed by atoms with van der Waals surface area (Å²) in [6.45, 7) is 5.56. The second-order valence-corrected chi connectivity index (χ2v) is 5.56. The minimum Gasteiger partial charge on any atom is -0.423 e. The molecule has 1 aromatic carbocycles. The first-order valence-corrected chi connectivity index (χ1v) is 7.23. The SMILES string of the molecule is Cc1cc2oc(=O)cc(C)c2cc1NC(=O)c1cnccc1C. The lowest BCUT2D eigenvalue weighted by Gasteiger charge is -2.11. The summed E-state index contributed by atoms with van der Waals surface area (Å²) in [5.74, 6) is -0.215. The van der Waals surface area contributed by atoms with Crippen LogP contribution in [0.25, 0.3) is 11.0 Å². The molecule has 1 amide bonds. The van der Waals surface area contributed by atoms with Crippen LogP contribution in [0, 0.1) is 20.8 Å². The van der Waals surface area contributed by atoms with E-state index in [-0.39, 0.29) is 11.5 Å². The predicted molar refractivity (Wildman–Crippen MR) is 88.9 cm³/mol. The standard InChI is InChI=1S/C18H16N2O3/c1-10-4-5-19-9-14(10)18(22)20-15-8-13-11(2)7-17(21)23-16(13)6-12(15)3/h4-9H,1-3H3,(H,20,22). The van der Waals surface area contributed by atoms with Crippen LogP contribution in [0.3, 0.4) is 0 Å². The highest BCUT2D eigenvalue weighted by Crippen LogP contribution is 2.25. The molecule has 0 unspecified atom stereocenters. The van der Waals surface area contributed by atoms with Crippen molar-refractivity contribution in [3.8, 4) is 0 Å². The number of aryl methyl sites for hydroxylation is 3. The van der Waals surface area contributed by atoms with Gasteiger partial charge in [0, 0.05) is 29.5 Å². The summed E-state index contributed by atoms with van der Waals surface area (Å²) in [6, 6.07) is 6.82. The third-order valence-electron chi connectivity index (χ3n) is 3.83. The molecular formula is C18H16N2O3. The van der Waals surface area contributed by atoms with Crippen LogP contribution in [0.1, 0.15) is 27.0 Å². The highest BCUT2D eigenvalue weighted by Gasteiger charge is 2.12. The van der Waals surface area contributed by atoms with Crippen molar-refractivity contribution in [3.05, 3.63) is 69.3 Å². The van der Waals surface area contributed by atoms with Crippen LogP contribution in [0.15, 0.2) is 45.9 Å². The van der Waals surface area contributed by atoms with Crippen LogP contribution in [-0.2, 0) is 0 Å². The van der Waals surface area contributed by atoms with Crippen molar-refractivity contribution in [2.24, 2.45) is 0 Å². The fraction of sp³-hybridized carbons (Fsp3) is 0.167. The summed E-state index contributed by atoms with van der Waals surface area (Å²) in [5, 5.41) is 3.70. The van der Waals surface area contributed by atoms with Gasteiger partial charge < -0.3 is 9.73 Å². The zero-order valence-electron chi connectivity index (χ0n) is 13.1. The molecule has 2 heterocycles. The Kier molecular flexibility index (Phi) is 3.70. The molecule has 3 rings (SSSR count). The number of carbonyl (C=O) groups excluding carboxylic acids is 1. The molecule has 5 nitrogen and oxygen atoms in total. The van der Waals surface area contributed by atoms with Crippen molar-refractivity contribution in [2.75, 3.05) is 5.32 Å². The van der Waals surface area contributed by atoms with Gasteiger partial charge in [-0.3, -0.25) is 9.78 Å². The van der Waals surface area contributed by atoms with Gasteiger partial charge in [-0.15, -0.1) is 0 Å². The van der Waals surface area contributed by atoms with E-state index < -0.39 is 0 Å². The summed E-state index contributed by atoms with van der Waals surface area (Å²) >= 11 is 0. The Bertz CT molecular complexity index is 974. The van der Waals surface area contributed by atoms with Gasteiger partial charge in [-0.05, 0) is 55.7 Å². The summed E-state index contributed by atoms with van der Waals surface area (Å²) < 4.78 is 5.21. The van der Waals surface area contributed by atoms with Gasteiger partial charge in [-0.1, -0.05) is 0 Å². The van der Waals surface area contributed by atoms with Crippen molar-refractivity contribution in [3.63, 3.8) is 0 Å². The van der Waals surface area contributed by atoms with E-state index in [1.807, 2.05) is 26.8 Å². The van der Waals surface area contributed by atoms with Gasteiger partial charge in [-0.2, -0.15) is 0 Å². The fourth-order valence-corrected chi connectivity index (χ4v) is 2.49. The number of rotatable bonds is 2. The first-order valence-electron chi connectivity index (χ1n) is 7.23. The number of pyridine rings is 1. The second-order valence-electron chi connectivity index (χ2n) is 5.56. The third-order valence-corrected chi connectivity index (χ3v) is 3.83. The molecule has 0 aliphatic rings. The van der Waals surface area contributed by atoms with Crippen LogP contribution in [0.5, 0.6) is 0 Å². The Hall–Kier alpha value is -2.95. The lowest BCUT2D eigenvalue weighted by molar-refractivity contribution is 0.102. The first-order chi connectivity index (χ1) is 11.0. The number of nitrogens with zero attached hydrogens (tertiary/aromatic N) is 1. The molecule has 0 aliphatic heterocycles. The molecule has 116 valence electrons. The molecule has 0 saturated carbocycles. The van der Waals surface area contributed by atoms with Crippen LogP contribution < -0.4 is 10.9 Å². The van der Waals surface area contributed by atoms with Gasteiger partial charge in [0.05, 0.1) is 5.56 Å². The average molecular weight is 308 g/mol. The monoisotopic (exact) mass is 308 g/mol. The Balaban J connectivity index is 2.04. The number of amides is 1. The summed E-state index contributed by atoms with van der Waals surface area (Å²) in [6.07, 6.45) is 3.20. The number of benzene rings is 1. The smallest absolute Gasteiger partial charge is 0.336 e. The van der Waals surface area contributed by atoms with Crippen LogP contribution in [0.2, 0.25) is 0 Å². The number of carbonyl (C=O) groups is 1. The lowest BCUT2D eigenvalue weighted by atomic mass is 10.1. The number of fused-ring (bicyclic) bond motifs is 1. The maximum Gasteiger partial charge on any atom is 0.336 e. The predicted octanol–water partition coefficient (Wildman–Crippen LogP) is 3.37. The van der Waals surface area contributed by atoms with E-state index in [4.69, 9.17) is 4.42 Å². The molecule has 23 heavy (non-hydrogen) atoms. The zero-order chi connectivity index (χ0) is 16.6. The van der Waals surface area contributed by atoms with Gasteiger partial charge in [0.2, 0.25) is 0 Å². The topological polar surface area (TPSA) is 72.2 Å². The minimum atomic E-state index is -0.378. The number of hydrogen-bond donors (Lipinski definition) is 1. The molecule has 0 spiro atoms. The lowest BCUT2D eigenvalue weighted by Crippen LogP contribution is -2.14. The number of nitrogens with one attached hydrogen (secondary N) is 1. The molecule has 2 aromatic heterocycles. The summed E-state index contributed by atoms with van der Waals surface area (Å²) in [4.78, 5) is 27.9. The highest BCUT2D eigenvalue weighted by atomic mass is 16.4. The largest absolute Gasteiger partial charge is 0.423 e. The van der Waals surface area contributed by atoms with Crippen molar-refractivity contribution < 1.29 is 9.21 Å². The first kappa shape index (κ1) is 15.0. The molecule has 3 aromatic rings. The van der Waals surface area contributed by atoms with Crippen LogP contribution >= 0.6 is 0 Å². The van der Waals surface area contributed by atoms with Gasteiger partial charge in [0.25, 0.3) is 5.91 Å². The maximum atomic E-state index is 12.4. The quantitative estimate of drug-likeness (QED) is 0.737. The Morgan fingerprint density at radius 3 is 2.61 bits per heavy atom. The third kappa shape index (κ3) is 2.85. The second kappa shape index (κ2) is 5.68. The normalized spacial score (nSPS) is 10.7. The molecule has 1 N–H and O–H groups in total. The number of anilines is 1. The molecule has 0 fully saturated rings. The number of hydrogen-bond acceptors (Lipinski definition) is 4. The van der Waals surface area contributed by atoms with Gasteiger partial charge in [0.15, 0.2) is 0 Å². The minimum absolute atomic E-state index is 0.215. The van der Waals surface area contributed by atoms with E-state index in [0.717, 1.165) is 22.1 Å². The van der Waals surface area contributed by atoms with Gasteiger partial charge in [-0.25, -0.2) is 4.79 Å². The van der Waals surface area contributed by atoms with Crippen molar-refractivity contribution >= 4 is 22.6 Å². The molecule has 5 heteroatoms. The molecule has 0 bridgehead atoms. The van der Waals surface area contributed by atoms with E-state index >= 15 is 0 Å².